The van der Waals surface area contributed by atoms with Crippen LogP contribution in [0.25, 0.3) is 0 Å². The Balaban J connectivity index is 1.49. The van der Waals surface area contributed by atoms with Crippen LogP contribution in [0.1, 0.15) is 46.6 Å². The first-order chi connectivity index (χ1) is 14.9. The summed E-state index contributed by atoms with van der Waals surface area (Å²) in [4.78, 5) is 35.9. The van der Waals surface area contributed by atoms with Crippen molar-refractivity contribution < 1.29 is 27.2 Å². The Morgan fingerprint density at radius 3 is 2.45 bits per heavy atom. The molecule has 3 N–H and O–H groups in total. The van der Waals surface area contributed by atoms with Gasteiger partial charge in [-0.05, 0) is 43.2 Å². The van der Waals surface area contributed by atoms with E-state index in [0.717, 1.165) is 19.3 Å². The number of hydrogen-bond acceptors (Lipinski definition) is 6. The number of piperidine rings is 1. The quantitative estimate of drug-likeness (QED) is 0.541. The number of rotatable bonds is 7. The molecule has 0 aliphatic carbocycles. The molecule has 1 aromatic carbocycles. The fourth-order valence-corrected chi connectivity index (χ4v) is 4.66. The van der Waals surface area contributed by atoms with Crippen molar-refractivity contribution in [2.45, 2.75) is 30.6 Å². The smallest absolute Gasteiger partial charge is 0.286 e. The lowest BCUT2D eigenvalue weighted by Crippen LogP contribution is -2.43. The minimum absolute atomic E-state index is 0.0361. The highest BCUT2D eigenvalue weighted by molar-refractivity contribution is 7.89. The summed E-state index contributed by atoms with van der Waals surface area (Å²) in [6.07, 6.45) is 3.92. The van der Waals surface area contributed by atoms with Gasteiger partial charge in [0.2, 0.25) is 15.9 Å². The van der Waals surface area contributed by atoms with E-state index in [1.165, 1.54) is 40.9 Å². The Bertz CT molecular complexity index is 1030. The maximum Gasteiger partial charge on any atom is 0.286 e. The predicted octanol–water partition coefficient (Wildman–Crippen LogP) is 1.04. The fourth-order valence-electron chi connectivity index (χ4n) is 3.10. The Hall–Kier alpha value is -3.18. The number of nitrogens with zero attached hydrogens (tertiary/aromatic N) is 1. The van der Waals surface area contributed by atoms with Gasteiger partial charge in [-0.3, -0.25) is 25.2 Å². The van der Waals surface area contributed by atoms with Crippen LogP contribution < -0.4 is 16.2 Å². The zero-order chi connectivity index (χ0) is 22.3. The number of amides is 3. The van der Waals surface area contributed by atoms with E-state index >= 15 is 0 Å². The first kappa shape index (κ1) is 22.5. The average molecular weight is 449 g/mol. The van der Waals surface area contributed by atoms with Crippen molar-refractivity contribution in [3.8, 4) is 0 Å². The van der Waals surface area contributed by atoms with Crippen molar-refractivity contribution >= 4 is 27.7 Å². The van der Waals surface area contributed by atoms with Gasteiger partial charge in [-0.15, -0.1) is 0 Å². The van der Waals surface area contributed by atoms with Crippen molar-refractivity contribution in [3.63, 3.8) is 0 Å². The highest BCUT2D eigenvalue weighted by Gasteiger charge is 2.26. The van der Waals surface area contributed by atoms with Crippen LogP contribution in [0.15, 0.2) is 52.0 Å². The number of sulfonamides is 1. The number of carbonyl (C=O) groups is 3. The minimum atomic E-state index is -3.67. The Labute approximate surface area is 180 Å². The van der Waals surface area contributed by atoms with Gasteiger partial charge < -0.3 is 9.73 Å². The molecule has 2 aromatic rings. The molecule has 0 saturated carbocycles. The SMILES string of the molecule is O=C(CCNC(=O)c1ccco1)NNC(=O)c1cccc(S(=O)(=O)N2CCCCC2)c1. The molecule has 10 nitrogen and oxygen atoms in total. The van der Waals surface area contributed by atoms with Gasteiger partial charge in [-0.1, -0.05) is 12.5 Å². The van der Waals surface area contributed by atoms with Gasteiger partial charge >= 0.3 is 0 Å². The molecule has 0 radical (unpaired) electrons. The first-order valence-electron chi connectivity index (χ1n) is 9.89. The first-order valence-corrected chi connectivity index (χ1v) is 11.3. The summed E-state index contributed by atoms with van der Waals surface area (Å²) in [5.74, 6) is -1.49. The van der Waals surface area contributed by atoms with Crippen molar-refractivity contribution in [1.29, 1.82) is 0 Å². The molecule has 31 heavy (non-hydrogen) atoms. The molecule has 0 atom stereocenters. The molecule has 166 valence electrons. The molecule has 11 heteroatoms. The number of hydrazine groups is 1. The maximum absolute atomic E-state index is 12.8. The van der Waals surface area contributed by atoms with Crippen LogP contribution in [0.3, 0.4) is 0 Å². The molecule has 3 amide bonds. The van der Waals surface area contributed by atoms with Gasteiger partial charge in [0.15, 0.2) is 5.76 Å². The van der Waals surface area contributed by atoms with Crippen LogP contribution in [0.4, 0.5) is 0 Å². The third-order valence-corrected chi connectivity index (χ3v) is 6.64. The zero-order valence-electron chi connectivity index (χ0n) is 16.8. The van der Waals surface area contributed by atoms with Gasteiger partial charge in [0, 0.05) is 31.6 Å². The van der Waals surface area contributed by atoms with Crippen LogP contribution in [0.2, 0.25) is 0 Å². The lowest BCUT2D eigenvalue weighted by atomic mass is 10.2. The topological polar surface area (TPSA) is 138 Å². The molecular formula is C20H24N4O6S. The highest BCUT2D eigenvalue weighted by atomic mass is 32.2. The summed E-state index contributed by atoms with van der Waals surface area (Å²) >= 11 is 0. The normalized spacial score (nSPS) is 14.6. The molecule has 0 bridgehead atoms. The third kappa shape index (κ3) is 5.92. The van der Waals surface area contributed by atoms with Crippen molar-refractivity contribution in [2.75, 3.05) is 19.6 Å². The summed E-state index contributed by atoms with van der Waals surface area (Å²) < 4.78 is 31.9. The number of hydrogen-bond donors (Lipinski definition) is 3. The average Bonchev–Trinajstić information content (AvgIpc) is 3.33. The zero-order valence-corrected chi connectivity index (χ0v) is 17.6. The number of furan rings is 1. The molecule has 3 rings (SSSR count). The summed E-state index contributed by atoms with van der Waals surface area (Å²) in [5.41, 5.74) is 4.58. The van der Waals surface area contributed by atoms with E-state index in [1.54, 1.807) is 6.07 Å². The molecule has 1 saturated heterocycles. The van der Waals surface area contributed by atoms with E-state index in [2.05, 4.69) is 16.2 Å². The second kappa shape index (κ2) is 10.2. The van der Waals surface area contributed by atoms with Crippen LogP contribution >= 0.6 is 0 Å². The fraction of sp³-hybridized carbons (Fsp3) is 0.350. The second-order valence-electron chi connectivity index (χ2n) is 6.98. The van der Waals surface area contributed by atoms with E-state index in [1.807, 2.05) is 0 Å². The van der Waals surface area contributed by atoms with Crippen molar-refractivity contribution in [1.82, 2.24) is 20.5 Å². The maximum atomic E-state index is 12.8. The van der Waals surface area contributed by atoms with E-state index in [4.69, 9.17) is 4.42 Å². The van der Waals surface area contributed by atoms with Gasteiger partial charge in [0.25, 0.3) is 11.8 Å². The Morgan fingerprint density at radius 1 is 0.968 bits per heavy atom. The predicted molar refractivity (Wildman–Crippen MR) is 110 cm³/mol. The molecule has 1 aromatic heterocycles. The molecule has 0 spiro atoms. The molecule has 0 unspecified atom stereocenters. The van der Waals surface area contributed by atoms with Crippen LogP contribution in [0, 0.1) is 0 Å². The molecule has 1 aliphatic heterocycles. The van der Waals surface area contributed by atoms with Crippen molar-refractivity contribution in [3.05, 3.63) is 54.0 Å². The Morgan fingerprint density at radius 2 is 1.74 bits per heavy atom. The molecule has 2 heterocycles. The monoisotopic (exact) mass is 448 g/mol. The van der Waals surface area contributed by atoms with Gasteiger partial charge in [0.1, 0.15) is 0 Å². The van der Waals surface area contributed by atoms with E-state index in [-0.39, 0.29) is 29.2 Å². The summed E-state index contributed by atoms with van der Waals surface area (Å²) in [6.45, 7) is 0.974. The summed E-state index contributed by atoms with van der Waals surface area (Å²) in [5, 5.41) is 2.51. The van der Waals surface area contributed by atoms with Gasteiger partial charge in [0.05, 0.1) is 11.2 Å². The van der Waals surface area contributed by atoms with E-state index in [9.17, 15) is 22.8 Å². The molecule has 1 aliphatic rings. The van der Waals surface area contributed by atoms with E-state index < -0.39 is 27.7 Å². The minimum Gasteiger partial charge on any atom is -0.459 e. The second-order valence-corrected chi connectivity index (χ2v) is 8.92. The number of carbonyl (C=O) groups excluding carboxylic acids is 3. The number of benzene rings is 1. The van der Waals surface area contributed by atoms with Gasteiger partial charge in [-0.2, -0.15) is 4.31 Å². The van der Waals surface area contributed by atoms with Crippen LogP contribution in [0.5, 0.6) is 0 Å². The third-order valence-electron chi connectivity index (χ3n) is 4.75. The van der Waals surface area contributed by atoms with Gasteiger partial charge in [-0.25, -0.2) is 8.42 Å². The lowest BCUT2D eigenvalue weighted by Gasteiger charge is -2.26. The van der Waals surface area contributed by atoms with E-state index in [0.29, 0.717) is 13.1 Å². The van der Waals surface area contributed by atoms with Crippen molar-refractivity contribution in [2.24, 2.45) is 0 Å². The number of nitrogens with one attached hydrogen (secondary N) is 3. The molecule has 1 fully saturated rings. The standard InChI is InChI=1S/C20H24N4O6S/c25-18(9-10-21-20(27)17-8-5-13-30-17)22-23-19(26)15-6-4-7-16(14-15)31(28,29)24-11-2-1-3-12-24/h4-8,13-14H,1-3,9-12H2,(H,21,27)(H,22,25)(H,23,26). The highest BCUT2D eigenvalue weighted by Crippen LogP contribution is 2.21. The largest absolute Gasteiger partial charge is 0.459 e. The summed E-state index contributed by atoms with van der Waals surface area (Å²) in [6, 6.07) is 8.74. The summed E-state index contributed by atoms with van der Waals surface area (Å²) in [7, 11) is -3.67. The lowest BCUT2D eigenvalue weighted by molar-refractivity contribution is -0.121. The van der Waals surface area contributed by atoms with Crippen LogP contribution in [-0.2, 0) is 14.8 Å². The Kier molecular flexibility index (Phi) is 7.42. The van der Waals surface area contributed by atoms with Crippen LogP contribution in [-0.4, -0.2) is 50.1 Å². The molecular weight excluding hydrogens is 424 g/mol.